The number of ether oxygens (including phenoxy) is 1. The van der Waals surface area contributed by atoms with Crippen LogP contribution < -0.4 is 10.1 Å². The normalized spacial score (nSPS) is 15.5. The van der Waals surface area contributed by atoms with Crippen LogP contribution in [0.4, 0.5) is 10.1 Å². The summed E-state index contributed by atoms with van der Waals surface area (Å²) in [4.78, 5) is 17.1. The fraction of sp³-hybridized carbons (Fsp3) is 0.0417. The molecule has 0 unspecified atom stereocenters. The van der Waals surface area contributed by atoms with Crippen LogP contribution in [-0.4, -0.2) is 11.1 Å². The lowest BCUT2D eigenvalue weighted by molar-refractivity contribution is -0.115. The maximum absolute atomic E-state index is 13.1. The van der Waals surface area contributed by atoms with Gasteiger partial charge < -0.3 is 10.1 Å². The van der Waals surface area contributed by atoms with Crippen molar-refractivity contribution in [1.29, 1.82) is 5.26 Å². The highest BCUT2D eigenvalue weighted by molar-refractivity contribution is 9.10. The van der Waals surface area contributed by atoms with E-state index in [1.165, 1.54) is 36.0 Å². The molecule has 5 nitrogen and oxygen atoms in total. The maximum atomic E-state index is 13.1. The van der Waals surface area contributed by atoms with Gasteiger partial charge in [-0.25, -0.2) is 9.38 Å². The molecule has 1 aliphatic heterocycles. The first kappa shape index (κ1) is 23.1. The van der Waals surface area contributed by atoms with E-state index in [0.29, 0.717) is 42.1 Å². The molecule has 0 atom stereocenters. The average Bonchev–Trinajstić information content (AvgIpc) is 3.13. The molecule has 0 bridgehead atoms. The van der Waals surface area contributed by atoms with Gasteiger partial charge >= 0.3 is 0 Å². The summed E-state index contributed by atoms with van der Waals surface area (Å²) in [6, 6.07) is 18.5. The minimum atomic E-state index is -0.355. The van der Waals surface area contributed by atoms with Crippen LogP contribution in [0.15, 0.2) is 75.0 Å². The van der Waals surface area contributed by atoms with E-state index in [9.17, 15) is 14.4 Å². The highest BCUT2D eigenvalue weighted by atomic mass is 79.9. The summed E-state index contributed by atoms with van der Waals surface area (Å²) in [6.07, 6.45) is 1.69. The number of nitrogens with zero attached hydrogens (tertiary/aromatic N) is 2. The van der Waals surface area contributed by atoms with Crippen LogP contribution in [0, 0.1) is 17.1 Å². The number of thioether (sulfide) groups is 1. The van der Waals surface area contributed by atoms with Crippen LogP contribution in [0.2, 0.25) is 5.02 Å². The second-order valence-electron chi connectivity index (χ2n) is 6.83. The van der Waals surface area contributed by atoms with Crippen LogP contribution in [-0.2, 0) is 11.4 Å². The predicted octanol–water partition coefficient (Wildman–Crippen LogP) is 6.58. The van der Waals surface area contributed by atoms with Crippen molar-refractivity contribution < 1.29 is 13.9 Å². The lowest BCUT2D eigenvalue weighted by Crippen LogP contribution is -2.19. The number of hydrogen-bond acceptors (Lipinski definition) is 5. The molecule has 1 fully saturated rings. The molecular formula is C24H14BrClFN3O2S. The number of aliphatic imine (C=N–C) groups is 1. The Balaban J connectivity index is 1.51. The zero-order chi connectivity index (χ0) is 23.4. The van der Waals surface area contributed by atoms with Gasteiger partial charge in [0.05, 0.1) is 31.7 Å². The molecule has 0 aliphatic carbocycles. The first-order valence-corrected chi connectivity index (χ1v) is 11.6. The van der Waals surface area contributed by atoms with Crippen LogP contribution in [0.5, 0.6) is 5.75 Å². The molecule has 1 saturated heterocycles. The Morgan fingerprint density at radius 2 is 1.97 bits per heavy atom. The van der Waals surface area contributed by atoms with Crippen molar-refractivity contribution in [3.05, 3.63) is 97.6 Å². The fourth-order valence-corrected chi connectivity index (χ4v) is 4.80. The first-order chi connectivity index (χ1) is 15.9. The highest BCUT2D eigenvalue weighted by Gasteiger charge is 2.24. The fourth-order valence-electron chi connectivity index (χ4n) is 2.97. The van der Waals surface area contributed by atoms with Crippen LogP contribution >= 0.6 is 39.3 Å². The third-order valence-electron chi connectivity index (χ3n) is 4.54. The minimum absolute atomic E-state index is 0.184. The number of hydrogen-bond donors (Lipinski definition) is 1. The van der Waals surface area contributed by atoms with E-state index in [-0.39, 0.29) is 18.3 Å². The SMILES string of the molecule is N#Cc1ccccc1COc1c(Cl)cc(/C=C2/SC(=Nc3ccc(F)cc3)NC2=O)cc1Br. The number of nitrogens with one attached hydrogen (secondary N) is 1. The molecule has 1 amide bonds. The second kappa shape index (κ2) is 10.2. The van der Waals surface area contributed by atoms with Crippen molar-refractivity contribution >= 4 is 62.1 Å². The lowest BCUT2D eigenvalue weighted by atomic mass is 10.1. The number of nitriles is 1. The summed E-state index contributed by atoms with van der Waals surface area (Å²) in [7, 11) is 0. The average molecular weight is 543 g/mol. The van der Waals surface area contributed by atoms with E-state index in [1.54, 1.807) is 30.3 Å². The molecule has 0 spiro atoms. The van der Waals surface area contributed by atoms with Crippen molar-refractivity contribution in [2.45, 2.75) is 6.61 Å². The molecule has 0 radical (unpaired) electrons. The number of amidine groups is 1. The Bertz CT molecular complexity index is 1310. The van der Waals surface area contributed by atoms with Gasteiger partial charge in [-0.15, -0.1) is 0 Å². The van der Waals surface area contributed by atoms with Crippen LogP contribution in [0.1, 0.15) is 16.7 Å². The number of rotatable bonds is 5. The van der Waals surface area contributed by atoms with E-state index >= 15 is 0 Å². The first-order valence-electron chi connectivity index (χ1n) is 9.58. The molecule has 3 aromatic carbocycles. The second-order valence-corrected chi connectivity index (χ2v) is 9.12. The Kier molecular flexibility index (Phi) is 7.14. The quantitative estimate of drug-likeness (QED) is 0.369. The van der Waals surface area contributed by atoms with Crippen LogP contribution in [0.25, 0.3) is 6.08 Å². The zero-order valence-corrected chi connectivity index (χ0v) is 20.0. The number of benzene rings is 3. The Labute approximate surface area is 207 Å². The molecule has 0 aromatic heterocycles. The summed E-state index contributed by atoms with van der Waals surface area (Å²) in [5.74, 6) is -0.206. The molecule has 33 heavy (non-hydrogen) atoms. The molecule has 3 aromatic rings. The monoisotopic (exact) mass is 541 g/mol. The Morgan fingerprint density at radius 3 is 2.70 bits per heavy atom. The Morgan fingerprint density at radius 1 is 1.21 bits per heavy atom. The molecule has 4 rings (SSSR count). The van der Waals surface area contributed by atoms with Gasteiger partial charge in [-0.3, -0.25) is 4.79 Å². The summed E-state index contributed by atoms with van der Waals surface area (Å²) in [6.45, 7) is 0.184. The van der Waals surface area contributed by atoms with Gasteiger partial charge in [0.1, 0.15) is 12.4 Å². The van der Waals surface area contributed by atoms with E-state index in [0.717, 1.165) is 5.56 Å². The standard InChI is InChI=1S/C24H14BrClFN3O2S/c25-19-9-14(10-20(26)22(19)32-13-16-4-2-1-3-15(16)12-28)11-21-23(31)30-24(33-21)29-18-7-5-17(27)6-8-18/h1-11H,13H2,(H,29,30,31)/b21-11+. The van der Waals surface area contributed by atoms with Crippen molar-refractivity contribution in [1.82, 2.24) is 5.32 Å². The van der Waals surface area contributed by atoms with Crippen molar-refractivity contribution in [2.75, 3.05) is 0 Å². The molecule has 0 saturated carbocycles. The zero-order valence-electron chi connectivity index (χ0n) is 16.8. The highest BCUT2D eigenvalue weighted by Crippen LogP contribution is 2.37. The topological polar surface area (TPSA) is 74.5 Å². The summed E-state index contributed by atoms with van der Waals surface area (Å²) in [5.41, 5.74) is 2.51. The third-order valence-corrected chi connectivity index (χ3v) is 6.32. The predicted molar refractivity (Wildman–Crippen MR) is 132 cm³/mol. The van der Waals surface area contributed by atoms with Gasteiger partial charge in [0, 0.05) is 5.56 Å². The minimum Gasteiger partial charge on any atom is -0.486 e. The summed E-state index contributed by atoms with van der Waals surface area (Å²) in [5, 5.41) is 12.7. The number of halogens is 3. The molecule has 164 valence electrons. The smallest absolute Gasteiger partial charge is 0.264 e. The van der Waals surface area contributed by atoms with E-state index in [1.807, 2.05) is 12.1 Å². The van der Waals surface area contributed by atoms with Crippen molar-refractivity contribution in [2.24, 2.45) is 4.99 Å². The third kappa shape index (κ3) is 5.63. The van der Waals surface area contributed by atoms with Gasteiger partial charge in [-0.1, -0.05) is 29.8 Å². The lowest BCUT2D eigenvalue weighted by Gasteiger charge is -2.12. The molecule has 1 aliphatic rings. The van der Waals surface area contributed by atoms with Crippen LogP contribution in [0.3, 0.4) is 0 Å². The van der Waals surface area contributed by atoms with Gasteiger partial charge in [0.25, 0.3) is 5.91 Å². The van der Waals surface area contributed by atoms with E-state index < -0.39 is 0 Å². The van der Waals surface area contributed by atoms with E-state index in [4.69, 9.17) is 16.3 Å². The molecule has 9 heteroatoms. The molecular weight excluding hydrogens is 529 g/mol. The molecule has 1 N–H and O–H groups in total. The van der Waals surface area contributed by atoms with Gasteiger partial charge in [-0.2, -0.15) is 5.26 Å². The van der Waals surface area contributed by atoms with Gasteiger partial charge in [0.15, 0.2) is 10.9 Å². The number of carbonyl (C=O) groups is 1. The Hall–Kier alpha value is -3.12. The van der Waals surface area contributed by atoms with Gasteiger partial charge in [-0.05, 0) is 81.8 Å². The van der Waals surface area contributed by atoms with Crippen molar-refractivity contribution in [3.8, 4) is 11.8 Å². The van der Waals surface area contributed by atoms with Crippen molar-refractivity contribution in [3.63, 3.8) is 0 Å². The number of carbonyl (C=O) groups excluding carboxylic acids is 1. The van der Waals surface area contributed by atoms with E-state index in [2.05, 4.69) is 32.3 Å². The number of amides is 1. The van der Waals surface area contributed by atoms with Gasteiger partial charge in [0.2, 0.25) is 0 Å². The maximum Gasteiger partial charge on any atom is 0.264 e. The largest absolute Gasteiger partial charge is 0.486 e. The summed E-state index contributed by atoms with van der Waals surface area (Å²) < 4.78 is 19.5. The molecule has 1 heterocycles. The summed E-state index contributed by atoms with van der Waals surface area (Å²) >= 11 is 11.1.